The highest BCUT2D eigenvalue weighted by atomic mass is 16.3. The maximum Gasteiger partial charge on any atom is 0.236 e. The number of rotatable bonds is 4. The molecule has 22 heavy (non-hydrogen) atoms. The van der Waals surface area contributed by atoms with E-state index in [1.54, 1.807) is 12.4 Å². The van der Waals surface area contributed by atoms with Crippen molar-refractivity contribution in [3.63, 3.8) is 0 Å². The predicted molar refractivity (Wildman–Crippen MR) is 84.6 cm³/mol. The lowest BCUT2D eigenvalue weighted by molar-refractivity contribution is -0.131. The number of carbonyl (C=O) groups excluding carboxylic acids is 1. The van der Waals surface area contributed by atoms with Crippen molar-refractivity contribution in [2.75, 3.05) is 50.7 Å². The van der Waals surface area contributed by atoms with Gasteiger partial charge < -0.3 is 14.9 Å². The number of aliphatic hydroxyl groups is 1. The van der Waals surface area contributed by atoms with Crippen molar-refractivity contribution >= 4 is 11.6 Å². The number of aromatic nitrogens is 1. The van der Waals surface area contributed by atoms with E-state index in [1.165, 1.54) is 0 Å². The van der Waals surface area contributed by atoms with Gasteiger partial charge in [0.2, 0.25) is 5.91 Å². The summed E-state index contributed by atoms with van der Waals surface area (Å²) in [5.74, 6) is 0.269. The van der Waals surface area contributed by atoms with E-state index in [0.717, 1.165) is 63.4 Å². The largest absolute Gasteiger partial charge is 0.392 e. The summed E-state index contributed by atoms with van der Waals surface area (Å²) < 4.78 is 0. The minimum atomic E-state index is 0.0107. The molecular formula is C16H24N4O2. The van der Waals surface area contributed by atoms with Gasteiger partial charge in [0.15, 0.2) is 0 Å². The average molecular weight is 304 g/mol. The van der Waals surface area contributed by atoms with Gasteiger partial charge in [0, 0.05) is 62.9 Å². The van der Waals surface area contributed by atoms with Crippen LogP contribution in [-0.4, -0.2) is 71.6 Å². The third-order valence-corrected chi connectivity index (χ3v) is 4.58. The van der Waals surface area contributed by atoms with Gasteiger partial charge in [-0.05, 0) is 18.9 Å². The van der Waals surface area contributed by atoms with Gasteiger partial charge in [-0.15, -0.1) is 0 Å². The fraction of sp³-hybridized carbons (Fsp3) is 0.625. The molecule has 1 aromatic rings. The molecule has 120 valence electrons. The molecule has 3 rings (SSSR count). The number of hydrogen-bond acceptors (Lipinski definition) is 5. The fourth-order valence-electron chi connectivity index (χ4n) is 3.25. The van der Waals surface area contributed by atoms with Gasteiger partial charge in [-0.25, -0.2) is 0 Å². The van der Waals surface area contributed by atoms with Crippen molar-refractivity contribution in [2.45, 2.75) is 19.4 Å². The Bertz CT molecular complexity index is 509. The molecule has 2 aliphatic rings. The van der Waals surface area contributed by atoms with E-state index >= 15 is 0 Å². The van der Waals surface area contributed by atoms with Crippen LogP contribution in [-0.2, 0) is 11.4 Å². The van der Waals surface area contributed by atoms with Gasteiger partial charge in [-0.3, -0.25) is 14.7 Å². The molecule has 1 aromatic heterocycles. The summed E-state index contributed by atoms with van der Waals surface area (Å²) in [7, 11) is 0. The highest BCUT2D eigenvalue weighted by Crippen LogP contribution is 2.21. The molecule has 0 saturated carbocycles. The molecule has 0 bridgehead atoms. The molecule has 3 heterocycles. The maximum atomic E-state index is 12.2. The number of piperazine rings is 1. The lowest BCUT2D eigenvalue weighted by atomic mass is 10.2. The normalized spacial score (nSPS) is 19.7. The first-order chi connectivity index (χ1) is 10.8. The molecular weight excluding hydrogens is 280 g/mol. The van der Waals surface area contributed by atoms with E-state index in [2.05, 4.69) is 14.8 Å². The Labute approximate surface area is 131 Å². The van der Waals surface area contributed by atoms with Gasteiger partial charge >= 0.3 is 0 Å². The van der Waals surface area contributed by atoms with Gasteiger partial charge in [-0.2, -0.15) is 0 Å². The highest BCUT2D eigenvalue weighted by Gasteiger charge is 2.24. The Balaban J connectivity index is 1.53. The Morgan fingerprint density at radius 3 is 2.55 bits per heavy atom. The van der Waals surface area contributed by atoms with Crippen LogP contribution < -0.4 is 4.90 Å². The lowest BCUT2D eigenvalue weighted by Crippen LogP contribution is -2.50. The number of aliphatic hydroxyl groups excluding tert-OH is 1. The van der Waals surface area contributed by atoms with E-state index in [4.69, 9.17) is 0 Å². The van der Waals surface area contributed by atoms with E-state index in [0.29, 0.717) is 6.54 Å². The summed E-state index contributed by atoms with van der Waals surface area (Å²) in [6.07, 6.45) is 5.77. The van der Waals surface area contributed by atoms with Crippen LogP contribution in [0.25, 0.3) is 0 Å². The maximum absolute atomic E-state index is 12.2. The van der Waals surface area contributed by atoms with Crippen molar-refractivity contribution in [3.05, 3.63) is 24.0 Å². The number of nitrogens with zero attached hydrogens (tertiary/aromatic N) is 4. The van der Waals surface area contributed by atoms with E-state index in [-0.39, 0.29) is 12.5 Å². The molecule has 1 amide bonds. The van der Waals surface area contributed by atoms with Crippen molar-refractivity contribution in [3.8, 4) is 0 Å². The highest BCUT2D eigenvalue weighted by molar-refractivity contribution is 5.78. The summed E-state index contributed by atoms with van der Waals surface area (Å²) >= 11 is 0. The first-order valence-corrected chi connectivity index (χ1v) is 8.07. The van der Waals surface area contributed by atoms with Crippen molar-refractivity contribution in [1.29, 1.82) is 0 Å². The topological polar surface area (TPSA) is 59.9 Å². The molecule has 0 unspecified atom stereocenters. The zero-order chi connectivity index (χ0) is 15.4. The molecule has 6 heteroatoms. The van der Waals surface area contributed by atoms with Crippen LogP contribution in [0, 0.1) is 0 Å². The Morgan fingerprint density at radius 1 is 1.14 bits per heavy atom. The molecule has 0 aromatic carbocycles. The second-order valence-corrected chi connectivity index (χ2v) is 6.01. The second kappa shape index (κ2) is 7.07. The minimum absolute atomic E-state index is 0.0107. The number of pyridine rings is 1. The predicted octanol–water partition coefficient (Wildman–Crippen LogP) is 0.318. The van der Waals surface area contributed by atoms with Crippen LogP contribution in [0.15, 0.2) is 18.5 Å². The molecule has 0 radical (unpaired) electrons. The molecule has 6 nitrogen and oxygen atoms in total. The van der Waals surface area contributed by atoms with Gasteiger partial charge in [0.05, 0.1) is 13.2 Å². The van der Waals surface area contributed by atoms with Crippen LogP contribution in [0.5, 0.6) is 0 Å². The molecule has 0 aliphatic carbocycles. The van der Waals surface area contributed by atoms with Gasteiger partial charge in [-0.1, -0.05) is 0 Å². The summed E-state index contributed by atoms with van der Waals surface area (Å²) in [5.41, 5.74) is 1.92. The molecule has 1 N–H and O–H groups in total. The Kier molecular flexibility index (Phi) is 4.90. The quantitative estimate of drug-likeness (QED) is 0.868. The van der Waals surface area contributed by atoms with Gasteiger partial charge in [0.1, 0.15) is 0 Å². The number of likely N-dealkylation sites (tertiary alicyclic amines) is 1. The van der Waals surface area contributed by atoms with Crippen LogP contribution in [0.4, 0.5) is 5.69 Å². The van der Waals surface area contributed by atoms with Crippen LogP contribution >= 0.6 is 0 Å². The minimum Gasteiger partial charge on any atom is -0.392 e. The summed E-state index contributed by atoms with van der Waals surface area (Å²) in [4.78, 5) is 22.7. The smallest absolute Gasteiger partial charge is 0.236 e. The molecule has 2 fully saturated rings. The number of hydrogen-bond donors (Lipinski definition) is 1. The zero-order valence-corrected chi connectivity index (χ0v) is 12.9. The lowest BCUT2D eigenvalue weighted by Gasteiger charge is -2.37. The number of carbonyl (C=O) groups is 1. The van der Waals surface area contributed by atoms with Crippen LogP contribution in [0.2, 0.25) is 0 Å². The first-order valence-electron chi connectivity index (χ1n) is 8.07. The van der Waals surface area contributed by atoms with Crippen molar-refractivity contribution < 1.29 is 9.90 Å². The average Bonchev–Trinajstić information content (AvgIpc) is 3.10. The first kappa shape index (κ1) is 15.2. The molecule has 2 aliphatic heterocycles. The van der Waals surface area contributed by atoms with Gasteiger partial charge in [0.25, 0.3) is 0 Å². The Hall–Kier alpha value is -1.66. The number of anilines is 1. The van der Waals surface area contributed by atoms with E-state index in [9.17, 15) is 9.90 Å². The fourth-order valence-corrected chi connectivity index (χ4v) is 3.25. The van der Waals surface area contributed by atoms with E-state index < -0.39 is 0 Å². The summed E-state index contributed by atoms with van der Waals surface area (Å²) in [6, 6.07) is 1.95. The van der Waals surface area contributed by atoms with Crippen LogP contribution in [0.3, 0.4) is 0 Å². The molecule has 0 atom stereocenters. The zero-order valence-electron chi connectivity index (χ0n) is 12.9. The third-order valence-electron chi connectivity index (χ3n) is 4.58. The summed E-state index contributed by atoms with van der Waals surface area (Å²) in [6.45, 7) is 5.92. The number of amides is 1. The molecule has 0 spiro atoms. The van der Waals surface area contributed by atoms with Crippen molar-refractivity contribution in [1.82, 2.24) is 14.8 Å². The molecule has 2 saturated heterocycles. The Morgan fingerprint density at radius 2 is 1.86 bits per heavy atom. The standard InChI is InChI=1S/C16H24N4O2/c21-13-14-11-17-4-3-15(14)19-9-7-18(8-10-19)12-16(22)20-5-1-2-6-20/h3-4,11,21H,1-2,5-10,12-13H2. The monoisotopic (exact) mass is 304 g/mol. The van der Waals surface area contributed by atoms with Crippen molar-refractivity contribution in [2.24, 2.45) is 0 Å². The summed E-state index contributed by atoms with van der Waals surface area (Å²) in [5, 5.41) is 9.41. The SMILES string of the molecule is O=C(CN1CCN(c2ccncc2CO)CC1)N1CCCC1. The third kappa shape index (κ3) is 3.39. The van der Waals surface area contributed by atoms with Crippen LogP contribution in [0.1, 0.15) is 18.4 Å². The van der Waals surface area contributed by atoms with E-state index in [1.807, 2.05) is 11.0 Å². The second-order valence-electron chi connectivity index (χ2n) is 6.01.